The van der Waals surface area contributed by atoms with Gasteiger partial charge in [-0.05, 0) is 48.0 Å². The zero-order valence-corrected chi connectivity index (χ0v) is 24.2. The predicted octanol–water partition coefficient (Wildman–Crippen LogP) is 3.66. The average Bonchev–Trinajstić information content (AvgIpc) is 2.93. The topological polar surface area (TPSA) is 145 Å². The van der Waals surface area contributed by atoms with Crippen LogP contribution in [0.3, 0.4) is 0 Å². The van der Waals surface area contributed by atoms with Crippen molar-refractivity contribution in [3.8, 4) is 22.6 Å². The molecule has 14 heteroatoms. The summed E-state index contributed by atoms with van der Waals surface area (Å²) in [5.41, 5.74) is 5.81. The smallest absolute Gasteiger partial charge is 0.261 e. The number of methoxy groups -OCH3 is 2. The molecule has 0 saturated carbocycles. The van der Waals surface area contributed by atoms with Gasteiger partial charge in [-0.25, -0.2) is 16.8 Å². The Morgan fingerprint density at radius 2 is 1.54 bits per heavy atom. The highest BCUT2D eigenvalue weighted by Crippen LogP contribution is 2.46. The molecule has 1 saturated heterocycles. The molecule has 0 aliphatic carbocycles. The van der Waals surface area contributed by atoms with Crippen molar-refractivity contribution in [3.05, 3.63) is 65.2 Å². The monoisotopic (exact) mass is 611 g/mol. The fourth-order valence-corrected chi connectivity index (χ4v) is 7.90. The molecule has 0 aromatic heterocycles. The van der Waals surface area contributed by atoms with E-state index in [4.69, 9.17) is 26.8 Å². The van der Waals surface area contributed by atoms with E-state index in [-0.39, 0.29) is 38.1 Å². The molecule has 3 aromatic rings. The summed E-state index contributed by atoms with van der Waals surface area (Å²) in [5.74, 6) is 0.739. The maximum absolute atomic E-state index is 13.3. The Morgan fingerprint density at radius 3 is 2.08 bits per heavy atom. The van der Waals surface area contributed by atoms with Crippen molar-refractivity contribution >= 4 is 55.0 Å². The number of ether oxygens (including phenoxy) is 2. The summed E-state index contributed by atoms with van der Waals surface area (Å²) in [6.45, 7) is 0.827. The SMILES string of the molecule is COc1cc(C(N)=O)c(NS(=O)(=O)c2ccc(Cl)cc2)c(-c2ccc(S(=O)(=O)N3CCSCC3)cc2)c1OC. The van der Waals surface area contributed by atoms with Gasteiger partial charge in [-0.15, -0.1) is 0 Å². The maximum Gasteiger partial charge on any atom is 0.261 e. The number of carbonyl (C=O) groups is 1. The normalized spacial score (nSPS) is 14.5. The van der Waals surface area contributed by atoms with Gasteiger partial charge >= 0.3 is 0 Å². The third kappa shape index (κ3) is 5.97. The molecule has 0 atom stereocenters. The second kappa shape index (κ2) is 11.6. The number of hydrogen-bond donors (Lipinski definition) is 2. The zero-order chi connectivity index (χ0) is 28.4. The summed E-state index contributed by atoms with van der Waals surface area (Å²) < 4.78 is 67.8. The van der Waals surface area contributed by atoms with Crippen LogP contribution in [0, 0.1) is 0 Å². The van der Waals surface area contributed by atoms with Crippen molar-refractivity contribution in [3.63, 3.8) is 0 Å². The molecule has 10 nitrogen and oxygen atoms in total. The molecular weight excluding hydrogens is 586 g/mol. The Bertz CT molecular complexity index is 1590. The van der Waals surface area contributed by atoms with Crippen molar-refractivity contribution in [2.75, 3.05) is 43.5 Å². The van der Waals surface area contributed by atoms with Crippen LogP contribution in [0.2, 0.25) is 5.02 Å². The summed E-state index contributed by atoms with van der Waals surface area (Å²) >= 11 is 7.60. The van der Waals surface area contributed by atoms with E-state index >= 15 is 0 Å². The van der Waals surface area contributed by atoms with Gasteiger partial charge in [0.25, 0.3) is 15.9 Å². The number of nitrogens with zero attached hydrogens (tertiary/aromatic N) is 1. The zero-order valence-electron chi connectivity index (χ0n) is 21.0. The molecule has 3 N–H and O–H groups in total. The first-order valence-corrected chi connectivity index (χ1v) is 16.0. The van der Waals surface area contributed by atoms with E-state index in [0.29, 0.717) is 35.2 Å². The summed E-state index contributed by atoms with van der Waals surface area (Å²) in [7, 11) is -5.23. The number of halogens is 1. The molecule has 4 rings (SSSR count). The lowest BCUT2D eigenvalue weighted by Crippen LogP contribution is -2.37. The second-order valence-electron chi connectivity index (χ2n) is 8.37. The molecule has 3 aromatic carbocycles. The third-order valence-electron chi connectivity index (χ3n) is 6.05. The predicted molar refractivity (Wildman–Crippen MR) is 152 cm³/mol. The molecule has 39 heavy (non-hydrogen) atoms. The lowest BCUT2D eigenvalue weighted by molar-refractivity contribution is 0.100. The van der Waals surface area contributed by atoms with E-state index in [9.17, 15) is 21.6 Å². The number of nitrogens with two attached hydrogens (primary N) is 1. The van der Waals surface area contributed by atoms with Crippen LogP contribution >= 0.6 is 23.4 Å². The number of hydrogen-bond acceptors (Lipinski definition) is 8. The van der Waals surface area contributed by atoms with Gasteiger partial charge in [0.2, 0.25) is 10.0 Å². The molecule has 1 aliphatic heterocycles. The number of primary amides is 1. The largest absolute Gasteiger partial charge is 0.493 e. The minimum absolute atomic E-state index is 0.0819. The molecule has 1 aliphatic rings. The van der Waals surface area contributed by atoms with Crippen LogP contribution in [-0.2, 0) is 20.0 Å². The Morgan fingerprint density at radius 1 is 0.949 bits per heavy atom. The Balaban J connectivity index is 1.88. The Hall–Kier alpha value is -2.97. The van der Waals surface area contributed by atoms with Gasteiger partial charge in [0.15, 0.2) is 11.5 Å². The van der Waals surface area contributed by atoms with Gasteiger partial charge in [-0.2, -0.15) is 16.1 Å². The van der Waals surface area contributed by atoms with Gasteiger partial charge in [-0.1, -0.05) is 23.7 Å². The van der Waals surface area contributed by atoms with Crippen molar-refractivity contribution in [1.29, 1.82) is 0 Å². The van der Waals surface area contributed by atoms with Gasteiger partial charge in [-0.3, -0.25) is 9.52 Å². The lowest BCUT2D eigenvalue weighted by Gasteiger charge is -2.25. The van der Waals surface area contributed by atoms with Crippen LogP contribution < -0.4 is 19.9 Å². The minimum atomic E-state index is -4.22. The average molecular weight is 612 g/mol. The molecular formula is C25H26ClN3O7S3. The molecule has 0 spiro atoms. The number of rotatable bonds is 9. The van der Waals surface area contributed by atoms with E-state index < -0.39 is 26.0 Å². The van der Waals surface area contributed by atoms with Crippen LogP contribution in [0.5, 0.6) is 11.5 Å². The minimum Gasteiger partial charge on any atom is -0.493 e. The third-order valence-corrected chi connectivity index (χ3v) is 10.5. The molecule has 0 bridgehead atoms. The number of anilines is 1. The van der Waals surface area contributed by atoms with Crippen molar-refractivity contribution in [1.82, 2.24) is 4.31 Å². The second-order valence-corrected chi connectivity index (χ2v) is 13.7. The van der Waals surface area contributed by atoms with Gasteiger partial charge < -0.3 is 15.2 Å². The number of sulfonamides is 2. The molecule has 1 amide bonds. The molecule has 0 unspecified atom stereocenters. The van der Waals surface area contributed by atoms with Crippen LogP contribution in [-0.4, -0.2) is 65.9 Å². The highest BCUT2D eigenvalue weighted by atomic mass is 35.5. The van der Waals surface area contributed by atoms with Gasteiger partial charge in [0.05, 0.1) is 40.8 Å². The Kier molecular flexibility index (Phi) is 8.66. The highest BCUT2D eigenvalue weighted by molar-refractivity contribution is 7.99. The summed E-state index contributed by atoms with van der Waals surface area (Å²) in [6.07, 6.45) is 0. The first-order chi connectivity index (χ1) is 18.5. The highest BCUT2D eigenvalue weighted by Gasteiger charge is 2.29. The number of nitrogens with one attached hydrogen (secondary N) is 1. The lowest BCUT2D eigenvalue weighted by atomic mass is 9.98. The Labute approximate surface area is 236 Å². The van der Waals surface area contributed by atoms with Gasteiger partial charge in [0.1, 0.15) is 0 Å². The fraction of sp³-hybridized carbons (Fsp3) is 0.240. The van der Waals surface area contributed by atoms with Crippen molar-refractivity contribution in [2.45, 2.75) is 9.79 Å². The molecule has 1 heterocycles. The molecule has 0 radical (unpaired) electrons. The number of benzene rings is 3. The van der Waals surface area contributed by atoms with Crippen molar-refractivity contribution in [2.24, 2.45) is 5.73 Å². The van der Waals surface area contributed by atoms with E-state index in [1.807, 2.05) is 0 Å². The van der Waals surface area contributed by atoms with Crippen LogP contribution in [0.1, 0.15) is 10.4 Å². The van der Waals surface area contributed by atoms with Crippen LogP contribution in [0.25, 0.3) is 11.1 Å². The standard InChI is InChI=1S/C25H26ClN3O7S3/c1-35-21-15-20(25(27)30)23(28-38(31,32)18-9-5-17(26)6-10-18)22(24(21)36-2)16-3-7-19(8-4-16)39(33,34)29-11-13-37-14-12-29/h3-10,15,28H,11-14H2,1-2H3,(H2,27,30). The van der Waals surface area contributed by atoms with Crippen LogP contribution in [0.4, 0.5) is 5.69 Å². The first kappa shape index (κ1) is 29.0. The van der Waals surface area contributed by atoms with E-state index in [2.05, 4.69) is 4.72 Å². The quantitative estimate of drug-likeness (QED) is 0.373. The van der Waals surface area contributed by atoms with Crippen LogP contribution in [0.15, 0.2) is 64.4 Å². The number of carbonyl (C=O) groups excluding carboxylic acids is 1. The molecule has 1 fully saturated rings. The summed E-state index contributed by atoms with van der Waals surface area (Å²) in [4.78, 5) is 12.5. The summed E-state index contributed by atoms with van der Waals surface area (Å²) in [5, 5.41) is 0.344. The summed E-state index contributed by atoms with van der Waals surface area (Å²) in [6, 6.07) is 12.6. The molecule has 208 valence electrons. The fourth-order valence-electron chi connectivity index (χ4n) is 4.11. The maximum atomic E-state index is 13.3. The van der Waals surface area contributed by atoms with Gasteiger partial charge in [0, 0.05) is 29.6 Å². The van der Waals surface area contributed by atoms with E-state index in [1.54, 1.807) is 11.8 Å². The number of thioether (sulfide) groups is 1. The van der Waals surface area contributed by atoms with Crippen molar-refractivity contribution < 1.29 is 31.1 Å². The van der Waals surface area contributed by atoms with E-state index in [1.165, 1.54) is 73.1 Å². The number of amides is 1. The van der Waals surface area contributed by atoms with E-state index in [0.717, 1.165) is 0 Å². The first-order valence-electron chi connectivity index (χ1n) is 11.5.